The summed E-state index contributed by atoms with van der Waals surface area (Å²) < 4.78 is 5.28. The highest BCUT2D eigenvalue weighted by atomic mass is 127. The second kappa shape index (κ2) is 9.78. The monoisotopic (exact) mass is 420 g/mol. The molecule has 5 nitrogen and oxygen atoms in total. The third kappa shape index (κ3) is 6.47. The van der Waals surface area contributed by atoms with Gasteiger partial charge >= 0.3 is 0 Å². The fourth-order valence-corrected chi connectivity index (χ4v) is 2.57. The minimum Gasteiger partial charge on any atom is -0.469 e. The second-order valence-corrected chi connectivity index (χ2v) is 5.69. The molecule has 0 radical (unpaired) electrons. The van der Waals surface area contributed by atoms with Crippen LogP contribution >= 0.6 is 35.3 Å². The van der Waals surface area contributed by atoms with Crippen LogP contribution in [0.25, 0.3) is 0 Å². The lowest BCUT2D eigenvalue weighted by atomic mass is 10.3. The molecule has 0 fully saturated rings. The molecule has 0 bridgehead atoms. The predicted molar refractivity (Wildman–Crippen MR) is 97.7 cm³/mol. The van der Waals surface area contributed by atoms with Gasteiger partial charge in [0.15, 0.2) is 5.96 Å². The van der Waals surface area contributed by atoms with E-state index < -0.39 is 0 Å². The van der Waals surface area contributed by atoms with Crippen LogP contribution in [-0.2, 0) is 12.8 Å². The highest BCUT2D eigenvalue weighted by Crippen LogP contribution is 2.10. The van der Waals surface area contributed by atoms with Crippen LogP contribution in [0.2, 0.25) is 0 Å². The maximum atomic E-state index is 5.28. The van der Waals surface area contributed by atoms with Gasteiger partial charge in [0.1, 0.15) is 5.76 Å². The first-order valence-corrected chi connectivity index (χ1v) is 7.48. The molecule has 0 spiro atoms. The van der Waals surface area contributed by atoms with Crippen LogP contribution in [0.4, 0.5) is 0 Å². The Labute approximate surface area is 146 Å². The molecule has 0 unspecified atom stereocenters. The number of guanidine groups is 1. The molecule has 0 atom stereocenters. The van der Waals surface area contributed by atoms with Crippen LogP contribution in [0, 0.1) is 6.92 Å². The number of rotatable bonds is 6. The molecule has 21 heavy (non-hydrogen) atoms. The van der Waals surface area contributed by atoms with Crippen molar-refractivity contribution in [1.29, 1.82) is 0 Å². The molecule has 0 aliphatic carbocycles. The molecule has 0 saturated heterocycles. The van der Waals surface area contributed by atoms with Gasteiger partial charge in [-0.2, -0.15) is 0 Å². The zero-order chi connectivity index (χ0) is 14.2. The Morgan fingerprint density at radius 3 is 2.67 bits per heavy atom. The molecule has 0 aromatic carbocycles. The van der Waals surface area contributed by atoms with E-state index in [0.717, 1.165) is 42.7 Å². The summed E-state index contributed by atoms with van der Waals surface area (Å²) >= 11 is 1.74. The number of hydrogen-bond donors (Lipinski definition) is 2. The first-order valence-electron chi connectivity index (χ1n) is 6.66. The van der Waals surface area contributed by atoms with Crippen LogP contribution in [0.5, 0.6) is 0 Å². The molecule has 2 heterocycles. The number of thiazole rings is 1. The smallest absolute Gasteiger partial charge is 0.191 e. The molecule has 2 aromatic rings. The lowest BCUT2D eigenvalue weighted by Crippen LogP contribution is -2.39. The van der Waals surface area contributed by atoms with Gasteiger partial charge in [-0.3, -0.25) is 4.99 Å². The minimum atomic E-state index is 0. The molecular weight excluding hydrogens is 399 g/mol. The fraction of sp³-hybridized carbons (Fsp3) is 0.429. The van der Waals surface area contributed by atoms with Gasteiger partial charge in [0.2, 0.25) is 0 Å². The Morgan fingerprint density at radius 1 is 1.33 bits per heavy atom. The van der Waals surface area contributed by atoms with Crippen molar-refractivity contribution in [2.75, 3.05) is 20.1 Å². The highest BCUT2D eigenvalue weighted by molar-refractivity contribution is 14.0. The van der Waals surface area contributed by atoms with Crippen molar-refractivity contribution >= 4 is 41.3 Å². The predicted octanol–water partition coefficient (Wildman–Crippen LogP) is 2.61. The lowest BCUT2D eigenvalue weighted by molar-refractivity contribution is 0.507. The normalized spacial score (nSPS) is 11.0. The maximum absolute atomic E-state index is 5.28. The summed E-state index contributed by atoms with van der Waals surface area (Å²) in [6.45, 7) is 3.70. The molecule has 2 rings (SSSR count). The van der Waals surface area contributed by atoms with E-state index in [1.54, 1.807) is 24.6 Å². The SMILES string of the molecule is CN=C(NCCc1ccco1)NCCc1ncc(C)s1.I. The summed E-state index contributed by atoms with van der Waals surface area (Å²) in [7, 11) is 1.77. The van der Waals surface area contributed by atoms with Gasteiger partial charge in [0.25, 0.3) is 0 Å². The number of aromatic nitrogens is 1. The average Bonchev–Trinajstić information content (AvgIpc) is 3.09. The first-order chi connectivity index (χ1) is 9.78. The quantitative estimate of drug-likeness (QED) is 0.429. The third-order valence-corrected chi connectivity index (χ3v) is 3.74. The van der Waals surface area contributed by atoms with E-state index in [0.29, 0.717) is 0 Å². The van der Waals surface area contributed by atoms with Crippen LogP contribution < -0.4 is 10.6 Å². The zero-order valence-corrected chi connectivity index (χ0v) is 15.4. The standard InChI is InChI=1S/C14H20N4OS.HI/c1-11-10-18-13(20-11)6-8-17-14(15-2)16-7-5-12-4-3-9-19-12;/h3-4,9-10H,5-8H2,1-2H3,(H2,15,16,17);1H. The maximum Gasteiger partial charge on any atom is 0.191 e. The summed E-state index contributed by atoms with van der Waals surface area (Å²) in [5, 5.41) is 7.70. The number of hydrogen-bond acceptors (Lipinski definition) is 4. The van der Waals surface area contributed by atoms with Gasteiger partial charge in [0.05, 0.1) is 11.3 Å². The Balaban J connectivity index is 0.00000220. The van der Waals surface area contributed by atoms with E-state index in [2.05, 4.69) is 27.5 Å². The number of aliphatic imine (C=N–C) groups is 1. The Morgan fingerprint density at radius 2 is 2.10 bits per heavy atom. The average molecular weight is 420 g/mol. The van der Waals surface area contributed by atoms with E-state index in [1.165, 1.54) is 4.88 Å². The van der Waals surface area contributed by atoms with Crippen molar-refractivity contribution in [1.82, 2.24) is 15.6 Å². The van der Waals surface area contributed by atoms with Crippen molar-refractivity contribution in [3.63, 3.8) is 0 Å². The molecule has 0 aliphatic rings. The molecular formula is C14H21IN4OS. The Kier molecular flexibility index (Phi) is 8.36. The summed E-state index contributed by atoms with van der Waals surface area (Å²) in [6.07, 6.45) is 5.37. The van der Waals surface area contributed by atoms with Gasteiger partial charge in [-0.15, -0.1) is 35.3 Å². The van der Waals surface area contributed by atoms with E-state index in [4.69, 9.17) is 4.42 Å². The molecule has 7 heteroatoms. The topological polar surface area (TPSA) is 62.5 Å². The highest BCUT2D eigenvalue weighted by Gasteiger charge is 2.01. The van der Waals surface area contributed by atoms with Crippen LogP contribution in [0.3, 0.4) is 0 Å². The summed E-state index contributed by atoms with van der Waals surface area (Å²) in [5.41, 5.74) is 0. The fourth-order valence-electron chi connectivity index (χ4n) is 1.78. The van der Waals surface area contributed by atoms with Gasteiger partial charge in [-0.05, 0) is 19.1 Å². The van der Waals surface area contributed by atoms with Crippen molar-refractivity contribution in [3.05, 3.63) is 40.2 Å². The molecule has 2 aromatic heterocycles. The summed E-state index contributed by atoms with van der Waals surface area (Å²) in [6, 6.07) is 3.88. The lowest BCUT2D eigenvalue weighted by Gasteiger charge is -2.10. The number of nitrogens with one attached hydrogen (secondary N) is 2. The van der Waals surface area contributed by atoms with E-state index >= 15 is 0 Å². The number of aryl methyl sites for hydroxylation is 1. The molecule has 0 amide bonds. The van der Waals surface area contributed by atoms with E-state index in [9.17, 15) is 0 Å². The van der Waals surface area contributed by atoms with Crippen molar-refractivity contribution < 1.29 is 4.42 Å². The Bertz CT molecular complexity index is 539. The number of halogens is 1. The van der Waals surface area contributed by atoms with Crippen molar-refractivity contribution in [2.45, 2.75) is 19.8 Å². The first kappa shape index (κ1) is 18.0. The van der Waals surface area contributed by atoms with Crippen molar-refractivity contribution in [2.24, 2.45) is 4.99 Å². The van der Waals surface area contributed by atoms with E-state index in [1.807, 2.05) is 18.3 Å². The van der Waals surface area contributed by atoms with Crippen LogP contribution in [-0.4, -0.2) is 31.1 Å². The largest absolute Gasteiger partial charge is 0.469 e. The van der Waals surface area contributed by atoms with Crippen LogP contribution in [0.1, 0.15) is 15.6 Å². The van der Waals surface area contributed by atoms with Gasteiger partial charge in [-0.25, -0.2) is 4.98 Å². The Hall–Kier alpha value is -1.09. The van der Waals surface area contributed by atoms with Gasteiger partial charge in [-0.1, -0.05) is 0 Å². The third-order valence-electron chi connectivity index (χ3n) is 2.77. The molecule has 0 aliphatic heterocycles. The van der Waals surface area contributed by atoms with E-state index in [-0.39, 0.29) is 24.0 Å². The number of nitrogens with zero attached hydrogens (tertiary/aromatic N) is 2. The van der Waals surface area contributed by atoms with Gasteiger partial charge in [0, 0.05) is 44.1 Å². The number of furan rings is 1. The van der Waals surface area contributed by atoms with Crippen molar-refractivity contribution in [3.8, 4) is 0 Å². The molecule has 116 valence electrons. The van der Waals surface area contributed by atoms with Crippen LogP contribution in [0.15, 0.2) is 34.0 Å². The summed E-state index contributed by atoms with van der Waals surface area (Å²) in [5.74, 6) is 1.79. The summed E-state index contributed by atoms with van der Waals surface area (Å²) in [4.78, 5) is 9.78. The molecule has 0 saturated carbocycles. The minimum absolute atomic E-state index is 0. The molecule has 2 N–H and O–H groups in total. The zero-order valence-electron chi connectivity index (χ0n) is 12.3. The van der Waals surface area contributed by atoms with Gasteiger partial charge < -0.3 is 15.1 Å². The second-order valence-electron chi connectivity index (χ2n) is 4.37.